The van der Waals surface area contributed by atoms with E-state index >= 15 is 0 Å². The fourth-order valence-corrected chi connectivity index (χ4v) is 4.74. The Kier molecular flexibility index (Phi) is 9.03. The SMILES string of the molecule is CCCCCCCCn1c(SCc2ccc(C)cc2)nc2cc(OC)c(OC)cc2c1=N. The molecular formula is C26H35N3O2S. The van der Waals surface area contributed by atoms with E-state index in [-0.39, 0.29) is 0 Å². The van der Waals surface area contributed by atoms with E-state index in [0.29, 0.717) is 17.0 Å². The first kappa shape index (κ1) is 24.2. The van der Waals surface area contributed by atoms with Crippen LogP contribution in [0.5, 0.6) is 11.5 Å². The molecule has 5 nitrogen and oxygen atoms in total. The Morgan fingerprint density at radius 1 is 0.938 bits per heavy atom. The van der Waals surface area contributed by atoms with Gasteiger partial charge in [0.05, 0.1) is 19.7 Å². The highest BCUT2D eigenvalue weighted by atomic mass is 32.2. The van der Waals surface area contributed by atoms with Gasteiger partial charge >= 0.3 is 0 Å². The molecule has 0 unspecified atom stereocenters. The zero-order valence-corrected chi connectivity index (χ0v) is 20.6. The Balaban J connectivity index is 1.91. The molecule has 2 aromatic carbocycles. The number of thioether (sulfide) groups is 1. The minimum absolute atomic E-state index is 0.482. The Hall–Kier alpha value is -2.47. The molecule has 0 atom stereocenters. The Morgan fingerprint density at radius 2 is 1.59 bits per heavy atom. The molecule has 0 radical (unpaired) electrons. The number of aryl methyl sites for hydroxylation is 1. The second kappa shape index (κ2) is 12.0. The van der Waals surface area contributed by atoms with E-state index in [0.717, 1.165) is 34.8 Å². The molecular weight excluding hydrogens is 418 g/mol. The predicted octanol–water partition coefficient (Wildman–Crippen LogP) is 6.49. The molecule has 0 spiro atoms. The largest absolute Gasteiger partial charge is 0.493 e. The molecule has 1 heterocycles. The maximum Gasteiger partial charge on any atom is 0.170 e. The molecule has 0 bridgehead atoms. The van der Waals surface area contributed by atoms with Crippen molar-refractivity contribution in [3.8, 4) is 11.5 Å². The van der Waals surface area contributed by atoms with Crippen LogP contribution in [0.2, 0.25) is 0 Å². The van der Waals surface area contributed by atoms with Crippen molar-refractivity contribution in [2.75, 3.05) is 14.2 Å². The van der Waals surface area contributed by atoms with Gasteiger partial charge in [-0.15, -0.1) is 0 Å². The highest BCUT2D eigenvalue weighted by Crippen LogP contribution is 2.31. The maximum absolute atomic E-state index is 8.95. The molecule has 3 rings (SSSR count). The van der Waals surface area contributed by atoms with E-state index in [4.69, 9.17) is 19.9 Å². The van der Waals surface area contributed by atoms with Crippen molar-refractivity contribution in [1.29, 1.82) is 5.41 Å². The van der Waals surface area contributed by atoms with Crippen LogP contribution in [-0.2, 0) is 12.3 Å². The second-order valence-corrected chi connectivity index (χ2v) is 9.10. The number of unbranched alkanes of at least 4 members (excludes halogenated alkanes) is 5. The van der Waals surface area contributed by atoms with Crippen LogP contribution in [0.3, 0.4) is 0 Å². The number of hydrogen-bond acceptors (Lipinski definition) is 5. The topological polar surface area (TPSA) is 60.1 Å². The van der Waals surface area contributed by atoms with Crippen molar-refractivity contribution in [3.63, 3.8) is 0 Å². The van der Waals surface area contributed by atoms with Gasteiger partial charge in [0.15, 0.2) is 16.7 Å². The molecule has 1 N–H and O–H groups in total. The van der Waals surface area contributed by atoms with Crippen molar-refractivity contribution < 1.29 is 9.47 Å². The van der Waals surface area contributed by atoms with E-state index < -0.39 is 0 Å². The van der Waals surface area contributed by atoms with E-state index in [1.807, 2.05) is 12.1 Å². The average Bonchev–Trinajstić information content (AvgIpc) is 2.81. The summed E-state index contributed by atoms with van der Waals surface area (Å²) in [7, 11) is 3.25. The van der Waals surface area contributed by atoms with Gasteiger partial charge in [0.2, 0.25) is 0 Å². The van der Waals surface area contributed by atoms with Crippen LogP contribution >= 0.6 is 11.8 Å². The van der Waals surface area contributed by atoms with E-state index in [1.165, 1.54) is 43.2 Å². The number of nitrogens with zero attached hydrogens (tertiary/aromatic N) is 2. The third kappa shape index (κ3) is 6.06. The summed E-state index contributed by atoms with van der Waals surface area (Å²) in [6, 6.07) is 12.4. The first-order valence-electron chi connectivity index (χ1n) is 11.5. The Morgan fingerprint density at radius 3 is 2.28 bits per heavy atom. The van der Waals surface area contributed by atoms with Gasteiger partial charge in [-0.05, 0) is 25.0 Å². The standard InChI is InChI=1S/C26H35N3O2S/c1-5-6-7-8-9-10-15-29-25(27)21-16-23(30-3)24(31-4)17-22(21)28-26(29)32-18-20-13-11-19(2)12-14-20/h11-14,16-17,27H,5-10,15,18H2,1-4H3. The summed E-state index contributed by atoms with van der Waals surface area (Å²) in [6.07, 6.45) is 7.33. The smallest absolute Gasteiger partial charge is 0.170 e. The molecule has 0 fully saturated rings. The van der Waals surface area contributed by atoms with Crippen LogP contribution in [0.4, 0.5) is 0 Å². The lowest BCUT2D eigenvalue weighted by molar-refractivity contribution is 0.355. The number of ether oxygens (including phenoxy) is 2. The molecule has 3 aromatic rings. The molecule has 0 aliphatic carbocycles. The van der Waals surface area contributed by atoms with Crippen LogP contribution in [0, 0.1) is 12.3 Å². The maximum atomic E-state index is 8.95. The molecule has 0 saturated carbocycles. The fraction of sp³-hybridized carbons (Fsp3) is 0.462. The fourth-order valence-electron chi connectivity index (χ4n) is 3.75. The lowest BCUT2D eigenvalue weighted by Gasteiger charge is -2.16. The van der Waals surface area contributed by atoms with Crippen LogP contribution in [0.1, 0.15) is 56.6 Å². The summed E-state index contributed by atoms with van der Waals surface area (Å²) >= 11 is 1.69. The van der Waals surface area contributed by atoms with Gasteiger partial charge in [0.25, 0.3) is 0 Å². The van der Waals surface area contributed by atoms with Crippen LogP contribution in [0.25, 0.3) is 10.9 Å². The molecule has 0 aliphatic rings. The quantitative estimate of drug-likeness (QED) is 0.193. The van der Waals surface area contributed by atoms with E-state index in [1.54, 1.807) is 26.0 Å². The number of methoxy groups -OCH3 is 2. The predicted molar refractivity (Wildman–Crippen MR) is 133 cm³/mol. The van der Waals surface area contributed by atoms with Crippen molar-refractivity contribution in [2.24, 2.45) is 0 Å². The summed E-state index contributed by atoms with van der Waals surface area (Å²) < 4.78 is 13.0. The van der Waals surface area contributed by atoms with E-state index in [9.17, 15) is 0 Å². The second-order valence-electron chi connectivity index (χ2n) is 8.16. The summed E-state index contributed by atoms with van der Waals surface area (Å²) in [5.74, 6) is 2.08. The van der Waals surface area contributed by atoms with Gasteiger partial charge in [-0.25, -0.2) is 4.98 Å². The van der Waals surface area contributed by atoms with Crippen LogP contribution in [-0.4, -0.2) is 23.8 Å². The number of hydrogen-bond donors (Lipinski definition) is 1. The van der Waals surface area contributed by atoms with Crippen molar-refractivity contribution >= 4 is 22.7 Å². The Bertz CT molecular complexity index is 1080. The zero-order chi connectivity index (χ0) is 22.9. The van der Waals surface area contributed by atoms with Crippen molar-refractivity contribution in [2.45, 2.75) is 69.8 Å². The lowest BCUT2D eigenvalue weighted by Crippen LogP contribution is -2.24. The minimum atomic E-state index is 0.482. The minimum Gasteiger partial charge on any atom is -0.493 e. The van der Waals surface area contributed by atoms with Gasteiger partial charge in [0, 0.05) is 23.8 Å². The van der Waals surface area contributed by atoms with Gasteiger partial charge in [-0.2, -0.15) is 0 Å². The molecule has 1 aromatic heterocycles. The first-order valence-corrected chi connectivity index (χ1v) is 12.5. The van der Waals surface area contributed by atoms with Crippen molar-refractivity contribution in [1.82, 2.24) is 9.55 Å². The van der Waals surface area contributed by atoms with Gasteiger partial charge in [-0.1, -0.05) is 80.6 Å². The van der Waals surface area contributed by atoms with E-state index in [2.05, 4.69) is 42.7 Å². The molecule has 32 heavy (non-hydrogen) atoms. The first-order chi connectivity index (χ1) is 15.6. The monoisotopic (exact) mass is 453 g/mol. The molecule has 172 valence electrons. The zero-order valence-electron chi connectivity index (χ0n) is 19.7. The van der Waals surface area contributed by atoms with Gasteiger partial charge < -0.3 is 14.0 Å². The highest BCUT2D eigenvalue weighted by molar-refractivity contribution is 7.98. The number of fused-ring (bicyclic) bond motifs is 1. The van der Waals surface area contributed by atoms with Crippen LogP contribution < -0.4 is 15.0 Å². The lowest BCUT2D eigenvalue weighted by atomic mass is 10.1. The Labute approximate surface area is 195 Å². The summed E-state index contributed by atoms with van der Waals surface area (Å²) in [5.41, 5.74) is 3.76. The number of aromatic nitrogens is 2. The summed E-state index contributed by atoms with van der Waals surface area (Å²) in [6.45, 7) is 5.15. The molecule has 0 amide bonds. The normalized spacial score (nSPS) is 11.1. The molecule has 0 saturated heterocycles. The van der Waals surface area contributed by atoms with Crippen LogP contribution in [0.15, 0.2) is 41.6 Å². The third-order valence-corrected chi connectivity index (χ3v) is 6.75. The number of nitrogens with one attached hydrogen (secondary N) is 1. The number of benzene rings is 2. The third-order valence-electron chi connectivity index (χ3n) is 5.70. The molecule has 6 heteroatoms. The highest BCUT2D eigenvalue weighted by Gasteiger charge is 2.14. The number of rotatable bonds is 12. The summed E-state index contributed by atoms with van der Waals surface area (Å²) in [5, 5.41) is 10.6. The average molecular weight is 454 g/mol. The van der Waals surface area contributed by atoms with Gasteiger partial charge in [0.1, 0.15) is 5.49 Å². The van der Waals surface area contributed by atoms with Crippen molar-refractivity contribution in [3.05, 3.63) is 53.0 Å². The summed E-state index contributed by atoms with van der Waals surface area (Å²) in [4.78, 5) is 4.95. The van der Waals surface area contributed by atoms with Gasteiger partial charge in [-0.3, -0.25) is 5.41 Å². The molecule has 0 aliphatic heterocycles.